The van der Waals surface area contributed by atoms with Crippen LogP contribution < -0.4 is 0 Å². The van der Waals surface area contributed by atoms with Crippen molar-refractivity contribution >= 4 is 0 Å². The highest BCUT2D eigenvalue weighted by Crippen LogP contribution is 2.48. The van der Waals surface area contributed by atoms with Gasteiger partial charge >= 0.3 is 0 Å². The first-order valence-corrected chi connectivity index (χ1v) is 5.22. The second-order valence-corrected chi connectivity index (χ2v) is 5.01. The van der Waals surface area contributed by atoms with Crippen LogP contribution >= 0.6 is 0 Å². The molecule has 2 fully saturated rings. The Morgan fingerprint density at radius 3 is 2.79 bits per heavy atom. The summed E-state index contributed by atoms with van der Waals surface area (Å²) in [6.07, 6.45) is 2.67. The summed E-state index contributed by atoms with van der Waals surface area (Å²) in [5.41, 5.74) is -0.0221. The van der Waals surface area contributed by atoms with Crippen molar-refractivity contribution in [3.05, 3.63) is 0 Å². The van der Waals surface area contributed by atoms with Crippen LogP contribution in [0.15, 0.2) is 0 Å². The summed E-state index contributed by atoms with van der Waals surface area (Å²) < 4.78 is 11.5. The van der Waals surface area contributed by atoms with E-state index in [1.54, 1.807) is 0 Å². The number of hydrogen-bond acceptors (Lipinski definition) is 3. The molecule has 2 rings (SSSR count). The van der Waals surface area contributed by atoms with E-state index in [9.17, 15) is 0 Å². The molecule has 0 radical (unpaired) electrons. The maximum Gasteiger partial charge on any atom is 0.0992 e. The second kappa shape index (κ2) is 3.22. The van der Waals surface area contributed by atoms with E-state index >= 15 is 0 Å². The van der Waals surface area contributed by atoms with Gasteiger partial charge in [-0.25, -0.2) is 0 Å². The number of nitrogens with zero attached hydrogens (tertiary/aromatic N) is 1. The Bertz CT molecular complexity index is 269. The molecule has 0 aliphatic carbocycles. The van der Waals surface area contributed by atoms with E-state index in [0.717, 1.165) is 19.4 Å². The minimum Gasteiger partial charge on any atom is -0.378 e. The van der Waals surface area contributed by atoms with Crippen molar-refractivity contribution in [3.63, 3.8) is 0 Å². The van der Waals surface area contributed by atoms with Crippen molar-refractivity contribution in [3.8, 4) is 6.07 Å². The SMILES string of the molecule is CC1(C)COCC12CCC(CC#N)O2. The Morgan fingerprint density at radius 1 is 1.43 bits per heavy atom. The zero-order valence-corrected chi connectivity index (χ0v) is 8.88. The van der Waals surface area contributed by atoms with Gasteiger partial charge in [-0.3, -0.25) is 0 Å². The zero-order chi connectivity index (χ0) is 10.2. The first-order chi connectivity index (χ1) is 6.60. The lowest BCUT2D eigenvalue weighted by Gasteiger charge is -2.35. The molecule has 0 N–H and O–H groups in total. The summed E-state index contributed by atoms with van der Waals surface area (Å²) in [5.74, 6) is 0. The lowest BCUT2D eigenvalue weighted by molar-refractivity contribution is -0.0880. The molecule has 3 heteroatoms. The van der Waals surface area contributed by atoms with E-state index in [4.69, 9.17) is 14.7 Å². The first kappa shape index (κ1) is 9.95. The number of rotatable bonds is 1. The Hall–Kier alpha value is -0.590. The average molecular weight is 195 g/mol. The van der Waals surface area contributed by atoms with Crippen molar-refractivity contribution < 1.29 is 9.47 Å². The molecule has 0 bridgehead atoms. The first-order valence-electron chi connectivity index (χ1n) is 5.22. The molecule has 0 aromatic carbocycles. The molecule has 78 valence electrons. The van der Waals surface area contributed by atoms with Crippen LogP contribution in [0, 0.1) is 16.7 Å². The van der Waals surface area contributed by atoms with Crippen LogP contribution in [0.2, 0.25) is 0 Å². The van der Waals surface area contributed by atoms with Gasteiger partial charge in [-0.1, -0.05) is 13.8 Å². The van der Waals surface area contributed by atoms with Crippen LogP contribution in [0.3, 0.4) is 0 Å². The van der Waals surface area contributed by atoms with Crippen molar-refractivity contribution in [2.24, 2.45) is 5.41 Å². The van der Waals surface area contributed by atoms with Gasteiger partial charge in [-0.15, -0.1) is 0 Å². The quantitative estimate of drug-likeness (QED) is 0.641. The Kier molecular flexibility index (Phi) is 2.29. The van der Waals surface area contributed by atoms with Crippen LogP contribution in [0.5, 0.6) is 0 Å². The van der Waals surface area contributed by atoms with Crippen molar-refractivity contribution in [2.45, 2.75) is 44.8 Å². The van der Waals surface area contributed by atoms with E-state index in [1.165, 1.54) is 0 Å². The van der Waals surface area contributed by atoms with Gasteiger partial charge < -0.3 is 9.47 Å². The van der Waals surface area contributed by atoms with Gasteiger partial charge in [0.05, 0.1) is 37.4 Å². The van der Waals surface area contributed by atoms with Crippen molar-refractivity contribution in [2.75, 3.05) is 13.2 Å². The van der Waals surface area contributed by atoms with Gasteiger partial charge in [-0.05, 0) is 12.8 Å². The van der Waals surface area contributed by atoms with Crippen molar-refractivity contribution in [1.29, 1.82) is 5.26 Å². The third-order valence-corrected chi connectivity index (χ3v) is 3.61. The molecule has 2 saturated heterocycles. The van der Waals surface area contributed by atoms with Gasteiger partial charge in [0.2, 0.25) is 0 Å². The smallest absolute Gasteiger partial charge is 0.0992 e. The van der Waals surface area contributed by atoms with Gasteiger partial charge in [0, 0.05) is 5.41 Å². The lowest BCUT2D eigenvalue weighted by atomic mass is 9.76. The third kappa shape index (κ3) is 1.34. The molecule has 0 aromatic heterocycles. The van der Waals surface area contributed by atoms with E-state index in [-0.39, 0.29) is 17.1 Å². The fraction of sp³-hybridized carbons (Fsp3) is 0.909. The number of nitriles is 1. The Morgan fingerprint density at radius 2 is 2.21 bits per heavy atom. The summed E-state index contributed by atoms with van der Waals surface area (Å²) in [7, 11) is 0. The fourth-order valence-electron chi connectivity index (χ4n) is 2.48. The number of ether oxygens (including phenoxy) is 2. The fourth-order valence-corrected chi connectivity index (χ4v) is 2.48. The molecule has 2 aliphatic heterocycles. The number of hydrogen-bond donors (Lipinski definition) is 0. The molecule has 2 heterocycles. The van der Waals surface area contributed by atoms with Gasteiger partial charge in [0.15, 0.2) is 0 Å². The molecular weight excluding hydrogens is 178 g/mol. The summed E-state index contributed by atoms with van der Waals surface area (Å²) in [6, 6.07) is 2.18. The van der Waals surface area contributed by atoms with Crippen LogP contribution in [0.25, 0.3) is 0 Å². The molecule has 1 spiro atoms. The Balaban J connectivity index is 2.09. The molecule has 2 atom stereocenters. The standard InChI is InChI=1S/C11H17NO2/c1-10(2)7-13-8-11(10)5-3-9(14-11)4-6-12/h9H,3-5,7-8H2,1-2H3. The maximum atomic E-state index is 8.63. The molecule has 2 unspecified atom stereocenters. The predicted octanol–water partition coefficient (Wildman–Crippen LogP) is 1.87. The molecule has 2 aliphatic rings. The highest BCUT2D eigenvalue weighted by atomic mass is 16.6. The second-order valence-electron chi connectivity index (χ2n) is 5.01. The average Bonchev–Trinajstić information content (AvgIpc) is 2.61. The minimum atomic E-state index is -0.117. The van der Waals surface area contributed by atoms with Gasteiger partial charge in [0.25, 0.3) is 0 Å². The largest absolute Gasteiger partial charge is 0.378 e. The molecule has 0 aromatic rings. The van der Waals surface area contributed by atoms with Crippen LogP contribution in [-0.4, -0.2) is 24.9 Å². The summed E-state index contributed by atoms with van der Waals surface area (Å²) >= 11 is 0. The monoisotopic (exact) mass is 195 g/mol. The molecule has 14 heavy (non-hydrogen) atoms. The predicted molar refractivity (Wildman–Crippen MR) is 51.7 cm³/mol. The molecule has 0 saturated carbocycles. The summed E-state index contributed by atoms with van der Waals surface area (Å²) in [4.78, 5) is 0. The molecular formula is C11H17NO2. The highest BCUT2D eigenvalue weighted by molar-refractivity contribution is 5.04. The van der Waals surface area contributed by atoms with Gasteiger partial charge in [-0.2, -0.15) is 5.26 Å². The topological polar surface area (TPSA) is 42.2 Å². The van der Waals surface area contributed by atoms with Crippen LogP contribution in [-0.2, 0) is 9.47 Å². The van der Waals surface area contributed by atoms with E-state index in [2.05, 4.69) is 19.9 Å². The maximum absolute atomic E-state index is 8.63. The molecule has 0 amide bonds. The van der Waals surface area contributed by atoms with Crippen LogP contribution in [0.1, 0.15) is 33.1 Å². The van der Waals surface area contributed by atoms with Gasteiger partial charge in [0.1, 0.15) is 0 Å². The summed E-state index contributed by atoms with van der Waals surface area (Å²) in [6.45, 7) is 5.84. The van der Waals surface area contributed by atoms with E-state index in [1.807, 2.05) is 0 Å². The molecule has 3 nitrogen and oxygen atoms in total. The normalized spacial score (nSPS) is 40.2. The van der Waals surface area contributed by atoms with Crippen molar-refractivity contribution in [1.82, 2.24) is 0 Å². The highest BCUT2D eigenvalue weighted by Gasteiger charge is 2.55. The van der Waals surface area contributed by atoms with E-state index in [0.29, 0.717) is 13.0 Å². The zero-order valence-electron chi connectivity index (χ0n) is 8.88. The van der Waals surface area contributed by atoms with Crippen LogP contribution in [0.4, 0.5) is 0 Å². The lowest BCUT2D eigenvalue weighted by Crippen LogP contribution is -2.43. The Labute approximate surface area is 85.0 Å². The third-order valence-electron chi connectivity index (χ3n) is 3.61. The van der Waals surface area contributed by atoms with E-state index < -0.39 is 0 Å². The summed E-state index contributed by atoms with van der Waals surface area (Å²) in [5, 5.41) is 8.63. The minimum absolute atomic E-state index is 0.0945.